The molecule has 124 valence electrons. The quantitative estimate of drug-likeness (QED) is 0.919. The summed E-state index contributed by atoms with van der Waals surface area (Å²) in [5.41, 5.74) is 1.81. The molecule has 0 spiro atoms. The maximum absolute atomic E-state index is 12.4. The van der Waals surface area contributed by atoms with Gasteiger partial charge in [0.05, 0.1) is 12.1 Å². The first-order valence-electron chi connectivity index (χ1n) is 7.64. The van der Waals surface area contributed by atoms with Crippen molar-refractivity contribution < 1.29 is 14.3 Å². The van der Waals surface area contributed by atoms with Crippen molar-refractivity contribution in [2.24, 2.45) is 0 Å². The highest BCUT2D eigenvalue weighted by atomic mass is 35.5. The topological polar surface area (TPSA) is 58.6 Å². The Morgan fingerprint density at radius 1 is 1.25 bits per heavy atom. The fourth-order valence-corrected chi connectivity index (χ4v) is 2.94. The Balaban J connectivity index is 1.78. The first-order chi connectivity index (χ1) is 11.6. The lowest BCUT2D eigenvalue weighted by molar-refractivity contribution is -0.117. The van der Waals surface area contributed by atoms with Crippen molar-refractivity contribution in [1.82, 2.24) is 0 Å². The van der Waals surface area contributed by atoms with Crippen LogP contribution in [0.2, 0.25) is 5.02 Å². The zero-order chi connectivity index (χ0) is 17.1. The van der Waals surface area contributed by atoms with Crippen molar-refractivity contribution in [1.29, 1.82) is 0 Å². The number of carbonyl (C=O) groups is 2. The van der Waals surface area contributed by atoms with Gasteiger partial charge in [0, 0.05) is 29.9 Å². The lowest BCUT2D eigenvalue weighted by atomic mass is 10.1. The molecule has 2 aromatic rings. The number of amides is 2. The molecule has 0 aliphatic carbocycles. The average molecular weight is 345 g/mol. The van der Waals surface area contributed by atoms with E-state index in [2.05, 4.69) is 5.32 Å². The summed E-state index contributed by atoms with van der Waals surface area (Å²) >= 11 is 6.07. The number of carbonyl (C=O) groups excluding carboxylic acids is 2. The zero-order valence-corrected chi connectivity index (χ0v) is 14.0. The highest BCUT2D eigenvalue weighted by molar-refractivity contribution is 6.32. The van der Waals surface area contributed by atoms with E-state index >= 15 is 0 Å². The Labute approximate surface area is 145 Å². The molecule has 0 radical (unpaired) electrons. The number of benzene rings is 2. The lowest BCUT2D eigenvalue weighted by Gasteiger charge is -2.16. The smallest absolute Gasteiger partial charge is 0.255 e. The van der Waals surface area contributed by atoms with Crippen LogP contribution in [0.1, 0.15) is 23.2 Å². The summed E-state index contributed by atoms with van der Waals surface area (Å²) in [4.78, 5) is 26.0. The highest BCUT2D eigenvalue weighted by Gasteiger charge is 2.22. The minimum absolute atomic E-state index is 0.0921. The SMILES string of the molecule is COc1ccc(NC(=O)c2cccc(N3CCCC3=O)c2)cc1Cl. The molecule has 24 heavy (non-hydrogen) atoms. The average Bonchev–Trinajstić information content (AvgIpc) is 3.01. The number of methoxy groups -OCH3 is 1. The molecule has 1 aliphatic heterocycles. The van der Waals surface area contributed by atoms with Gasteiger partial charge in [0.25, 0.3) is 5.91 Å². The van der Waals surface area contributed by atoms with Gasteiger partial charge in [-0.3, -0.25) is 9.59 Å². The molecule has 1 fully saturated rings. The third-order valence-electron chi connectivity index (χ3n) is 3.90. The number of anilines is 2. The number of rotatable bonds is 4. The first kappa shape index (κ1) is 16.3. The van der Waals surface area contributed by atoms with Crippen LogP contribution in [0.3, 0.4) is 0 Å². The van der Waals surface area contributed by atoms with Crippen LogP contribution < -0.4 is 15.0 Å². The largest absolute Gasteiger partial charge is 0.495 e. The summed E-state index contributed by atoms with van der Waals surface area (Å²) in [5.74, 6) is 0.378. The van der Waals surface area contributed by atoms with Gasteiger partial charge in [0.1, 0.15) is 5.75 Å². The van der Waals surface area contributed by atoms with E-state index in [1.165, 1.54) is 7.11 Å². The minimum Gasteiger partial charge on any atom is -0.495 e. The molecule has 0 saturated carbocycles. The first-order valence-corrected chi connectivity index (χ1v) is 8.01. The zero-order valence-electron chi connectivity index (χ0n) is 13.2. The molecule has 0 bridgehead atoms. The standard InChI is InChI=1S/C18H17ClN2O3/c1-24-16-8-7-13(11-15(16)19)20-18(23)12-4-2-5-14(10-12)21-9-3-6-17(21)22/h2,4-5,7-8,10-11H,3,6,9H2,1H3,(H,20,23). The maximum atomic E-state index is 12.4. The van der Waals surface area contributed by atoms with Crippen LogP contribution in [0.5, 0.6) is 5.75 Å². The Hall–Kier alpha value is -2.53. The third-order valence-corrected chi connectivity index (χ3v) is 4.20. The van der Waals surface area contributed by atoms with Crippen LogP contribution >= 0.6 is 11.6 Å². The Morgan fingerprint density at radius 2 is 2.08 bits per heavy atom. The molecule has 1 saturated heterocycles. The normalized spacial score (nSPS) is 13.9. The highest BCUT2D eigenvalue weighted by Crippen LogP contribution is 2.28. The number of hydrogen-bond acceptors (Lipinski definition) is 3. The molecule has 1 heterocycles. The van der Waals surface area contributed by atoms with Gasteiger partial charge in [-0.05, 0) is 42.8 Å². The molecule has 0 unspecified atom stereocenters. The summed E-state index contributed by atoms with van der Waals surface area (Å²) in [7, 11) is 1.53. The Morgan fingerprint density at radius 3 is 2.75 bits per heavy atom. The summed E-state index contributed by atoms with van der Waals surface area (Å²) in [6.07, 6.45) is 1.40. The van der Waals surface area contributed by atoms with E-state index in [4.69, 9.17) is 16.3 Å². The van der Waals surface area contributed by atoms with Crippen LogP contribution in [0, 0.1) is 0 Å². The maximum Gasteiger partial charge on any atom is 0.255 e. The molecule has 1 aliphatic rings. The summed E-state index contributed by atoms with van der Waals surface area (Å²) in [5, 5.41) is 3.22. The van der Waals surface area contributed by atoms with E-state index in [9.17, 15) is 9.59 Å². The van der Waals surface area contributed by atoms with Crippen LogP contribution in [0.4, 0.5) is 11.4 Å². The van der Waals surface area contributed by atoms with E-state index in [1.54, 1.807) is 41.3 Å². The molecule has 0 aromatic heterocycles. The predicted molar refractivity (Wildman–Crippen MR) is 94.0 cm³/mol. The summed E-state index contributed by atoms with van der Waals surface area (Å²) < 4.78 is 5.09. The van der Waals surface area contributed by atoms with Crippen LogP contribution in [0.25, 0.3) is 0 Å². The molecular weight excluding hydrogens is 328 g/mol. The Kier molecular flexibility index (Phi) is 4.71. The lowest BCUT2D eigenvalue weighted by Crippen LogP contribution is -2.24. The van der Waals surface area contributed by atoms with Gasteiger partial charge < -0.3 is 15.0 Å². The molecule has 0 atom stereocenters. The van der Waals surface area contributed by atoms with Crippen molar-refractivity contribution in [2.45, 2.75) is 12.8 Å². The monoisotopic (exact) mass is 344 g/mol. The van der Waals surface area contributed by atoms with Gasteiger partial charge in [0.2, 0.25) is 5.91 Å². The number of nitrogens with zero attached hydrogens (tertiary/aromatic N) is 1. The fraction of sp³-hybridized carbons (Fsp3) is 0.222. The van der Waals surface area contributed by atoms with Gasteiger partial charge >= 0.3 is 0 Å². The fourth-order valence-electron chi connectivity index (χ4n) is 2.68. The Bertz CT molecular complexity index is 792. The molecule has 2 amide bonds. The van der Waals surface area contributed by atoms with Crippen molar-refractivity contribution in [2.75, 3.05) is 23.9 Å². The van der Waals surface area contributed by atoms with Crippen molar-refractivity contribution in [3.05, 3.63) is 53.1 Å². The van der Waals surface area contributed by atoms with Crippen LogP contribution in [-0.2, 0) is 4.79 Å². The second kappa shape index (κ2) is 6.93. The van der Waals surface area contributed by atoms with E-state index in [0.29, 0.717) is 35.0 Å². The molecule has 2 aromatic carbocycles. The third kappa shape index (κ3) is 3.36. The van der Waals surface area contributed by atoms with Crippen molar-refractivity contribution in [3.8, 4) is 5.75 Å². The second-order valence-corrected chi connectivity index (χ2v) is 5.91. The van der Waals surface area contributed by atoms with E-state index in [1.807, 2.05) is 6.07 Å². The van der Waals surface area contributed by atoms with E-state index in [0.717, 1.165) is 12.1 Å². The van der Waals surface area contributed by atoms with Gasteiger partial charge in [0.15, 0.2) is 0 Å². The van der Waals surface area contributed by atoms with Crippen molar-refractivity contribution in [3.63, 3.8) is 0 Å². The molecular formula is C18H17ClN2O3. The summed E-state index contributed by atoms with van der Waals surface area (Å²) in [6.45, 7) is 0.692. The second-order valence-electron chi connectivity index (χ2n) is 5.50. The minimum atomic E-state index is -0.260. The van der Waals surface area contributed by atoms with Crippen LogP contribution in [0.15, 0.2) is 42.5 Å². The number of hydrogen-bond donors (Lipinski definition) is 1. The van der Waals surface area contributed by atoms with E-state index in [-0.39, 0.29) is 11.8 Å². The van der Waals surface area contributed by atoms with Crippen LogP contribution in [-0.4, -0.2) is 25.5 Å². The van der Waals surface area contributed by atoms with Crippen molar-refractivity contribution >= 4 is 34.8 Å². The van der Waals surface area contributed by atoms with Gasteiger partial charge in [-0.1, -0.05) is 17.7 Å². The summed E-state index contributed by atoms with van der Waals surface area (Å²) in [6, 6.07) is 12.1. The number of ether oxygens (including phenoxy) is 1. The number of nitrogens with one attached hydrogen (secondary N) is 1. The molecule has 6 heteroatoms. The number of halogens is 1. The van der Waals surface area contributed by atoms with Gasteiger partial charge in [-0.25, -0.2) is 0 Å². The molecule has 5 nitrogen and oxygen atoms in total. The van der Waals surface area contributed by atoms with Gasteiger partial charge in [-0.15, -0.1) is 0 Å². The molecule has 3 rings (SSSR count). The predicted octanol–water partition coefficient (Wildman–Crippen LogP) is 3.73. The van der Waals surface area contributed by atoms with Gasteiger partial charge in [-0.2, -0.15) is 0 Å². The van der Waals surface area contributed by atoms with E-state index < -0.39 is 0 Å². The molecule has 1 N–H and O–H groups in total.